The largest absolute Gasteiger partial charge is 0.353 e. The number of Topliss-reactive ketones (excluding diaryl/α,β-unsaturated/α-hetero) is 2. The SMILES string of the molecule is C=C(CN1CCSCC1)C(=O)CC[C@@H](NC(=O)[C@@H](CC(=O)CC)Cc1nc2ccc(C(C)C)cc2s1)[C@@H](C)CC. The maximum Gasteiger partial charge on any atom is 0.224 e. The van der Waals surface area contributed by atoms with Crippen molar-refractivity contribution in [3.05, 3.63) is 40.9 Å². The molecule has 6 nitrogen and oxygen atoms in total. The molecule has 2 heterocycles. The molecule has 40 heavy (non-hydrogen) atoms. The zero-order chi connectivity index (χ0) is 29.2. The maximum atomic E-state index is 13.6. The summed E-state index contributed by atoms with van der Waals surface area (Å²) in [4.78, 5) is 46.1. The zero-order valence-electron chi connectivity index (χ0n) is 25.0. The monoisotopic (exact) mass is 585 g/mol. The van der Waals surface area contributed by atoms with Crippen LogP contribution in [0.5, 0.6) is 0 Å². The van der Waals surface area contributed by atoms with Gasteiger partial charge in [0.2, 0.25) is 5.91 Å². The van der Waals surface area contributed by atoms with Gasteiger partial charge >= 0.3 is 0 Å². The van der Waals surface area contributed by atoms with E-state index in [0.717, 1.165) is 46.2 Å². The van der Waals surface area contributed by atoms with Gasteiger partial charge in [-0.15, -0.1) is 11.3 Å². The summed E-state index contributed by atoms with van der Waals surface area (Å²) < 4.78 is 1.11. The highest BCUT2D eigenvalue weighted by Crippen LogP contribution is 2.29. The fourth-order valence-corrected chi connectivity index (χ4v) is 7.06. The van der Waals surface area contributed by atoms with Crippen LogP contribution in [-0.4, -0.2) is 64.5 Å². The lowest BCUT2D eigenvalue weighted by molar-refractivity contribution is -0.130. The summed E-state index contributed by atoms with van der Waals surface area (Å²) in [7, 11) is 0. The zero-order valence-corrected chi connectivity index (χ0v) is 26.6. The molecule has 8 heteroatoms. The van der Waals surface area contributed by atoms with E-state index in [1.165, 1.54) is 5.56 Å². The molecule has 1 aliphatic rings. The number of ketones is 2. The average Bonchev–Trinajstić information content (AvgIpc) is 3.36. The van der Waals surface area contributed by atoms with Gasteiger partial charge in [-0.05, 0) is 36.0 Å². The quantitative estimate of drug-likeness (QED) is 0.229. The van der Waals surface area contributed by atoms with E-state index in [9.17, 15) is 14.4 Å². The number of hydrogen-bond donors (Lipinski definition) is 1. The Morgan fingerprint density at radius 2 is 1.85 bits per heavy atom. The first kappa shape index (κ1) is 32.5. The number of hydrogen-bond acceptors (Lipinski definition) is 7. The second kappa shape index (κ2) is 15.8. The number of amides is 1. The number of nitrogens with one attached hydrogen (secondary N) is 1. The van der Waals surface area contributed by atoms with Crippen LogP contribution in [0.3, 0.4) is 0 Å². The van der Waals surface area contributed by atoms with Crippen LogP contribution in [0.15, 0.2) is 30.4 Å². The first-order chi connectivity index (χ1) is 19.1. The Balaban J connectivity index is 1.67. The number of carbonyl (C=O) groups excluding carboxylic acids is 3. The predicted octanol–water partition coefficient (Wildman–Crippen LogP) is 6.43. The normalized spacial score (nSPS) is 16.6. The Morgan fingerprint density at radius 1 is 1.12 bits per heavy atom. The molecule has 1 saturated heterocycles. The molecule has 0 saturated carbocycles. The lowest BCUT2D eigenvalue weighted by atomic mass is 9.91. The molecule has 1 aliphatic heterocycles. The van der Waals surface area contributed by atoms with Gasteiger partial charge in [-0.3, -0.25) is 19.3 Å². The van der Waals surface area contributed by atoms with E-state index in [1.54, 1.807) is 11.3 Å². The van der Waals surface area contributed by atoms with Gasteiger partial charge < -0.3 is 5.32 Å². The second-order valence-corrected chi connectivity index (χ2v) is 13.8. The summed E-state index contributed by atoms with van der Waals surface area (Å²) in [5, 5.41) is 4.12. The molecule has 1 fully saturated rings. The molecule has 3 rings (SSSR count). The summed E-state index contributed by atoms with van der Waals surface area (Å²) in [6.45, 7) is 17.1. The Labute approximate surface area is 248 Å². The Kier molecular flexibility index (Phi) is 12.9. The van der Waals surface area contributed by atoms with Crippen LogP contribution in [-0.2, 0) is 20.8 Å². The number of carbonyl (C=O) groups is 3. The Morgan fingerprint density at radius 3 is 2.50 bits per heavy atom. The fourth-order valence-electron chi connectivity index (χ4n) is 4.99. The van der Waals surface area contributed by atoms with Gasteiger partial charge in [0, 0.05) is 68.4 Å². The standard InChI is InChI=1S/C32H47N3O3S2/c1-7-22(5)27(11-12-29(37)23(6)20-35-13-15-39-16-14-35)34-32(38)25(17-26(36)8-2)19-31-33-28-10-9-24(21(3)4)18-30(28)40-31/h9-10,18,21-22,25,27H,6-8,11-17,19-20H2,1-5H3,(H,34,38)/t22-,25-,27+/m0/s1. The average molecular weight is 586 g/mol. The van der Waals surface area contributed by atoms with Crippen LogP contribution >= 0.6 is 23.1 Å². The van der Waals surface area contributed by atoms with Crippen molar-refractivity contribution >= 4 is 50.8 Å². The molecule has 0 bridgehead atoms. The number of rotatable bonds is 16. The smallest absolute Gasteiger partial charge is 0.224 e. The van der Waals surface area contributed by atoms with Crippen molar-refractivity contribution < 1.29 is 14.4 Å². The minimum Gasteiger partial charge on any atom is -0.353 e. The van der Waals surface area contributed by atoms with Crippen LogP contribution in [0.25, 0.3) is 10.2 Å². The van der Waals surface area contributed by atoms with Crippen molar-refractivity contribution in [1.82, 2.24) is 15.2 Å². The predicted molar refractivity (Wildman–Crippen MR) is 169 cm³/mol. The van der Waals surface area contributed by atoms with Crippen LogP contribution < -0.4 is 5.32 Å². The van der Waals surface area contributed by atoms with Crippen LogP contribution in [0.1, 0.15) is 83.2 Å². The molecular formula is C32H47N3O3S2. The lowest BCUT2D eigenvalue weighted by Gasteiger charge is -2.28. The summed E-state index contributed by atoms with van der Waals surface area (Å²) >= 11 is 3.56. The number of fused-ring (bicyclic) bond motifs is 1. The minimum absolute atomic E-state index is 0.0750. The summed E-state index contributed by atoms with van der Waals surface area (Å²) in [6.07, 6.45) is 2.87. The van der Waals surface area contributed by atoms with E-state index in [-0.39, 0.29) is 35.9 Å². The van der Waals surface area contributed by atoms with Crippen molar-refractivity contribution in [2.24, 2.45) is 11.8 Å². The van der Waals surface area contributed by atoms with Gasteiger partial charge in [0.15, 0.2) is 5.78 Å². The van der Waals surface area contributed by atoms with E-state index in [0.29, 0.717) is 43.7 Å². The summed E-state index contributed by atoms with van der Waals surface area (Å²) in [6, 6.07) is 6.20. The van der Waals surface area contributed by atoms with E-state index in [4.69, 9.17) is 4.98 Å². The molecule has 0 unspecified atom stereocenters. The maximum absolute atomic E-state index is 13.6. The summed E-state index contributed by atoms with van der Waals surface area (Å²) in [5.74, 6) is 2.39. The van der Waals surface area contributed by atoms with Crippen molar-refractivity contribution in [1.29, 1.82) is 0 Å². The van der Waals surface area contributed by atoms with E-state index in [2.05, 4.69) is 56.6 Å². The highest BCUT2D eigenvalue weighted by atomic mass is 32.2. The lowest BCUT2D eigenvalue weighted by Crippen LogP contribution is -2.43. The number of thiazole rings is 1. The van der Waals surface area contributed by atoms with E-state index in [1.807, 2.05) is 24.8 Å². The molecule has 1 aromatic carbocycles. The van der Waals surface area contributed by atoms with Crippen molar-refractivity contribution in [2.75, 3.05) is 31.1 Å². The summed E-state index contributed by atoms with van der Waals surface area (Å²) in [5.41, 5.74) is 2.86. The van der Waals surface area contributed by atoms with Gasteiger partial charge in [0.1, 0.15) is 5.78 Å². The van der Waals surface area contributed by atoms with Crippen molar-refractivity contribution in [3.63, 3.8) is 0 Å². The van der Waals surface area contributed by atoms with Gasteiger partial charge in [-0.25, -0.2) is 4.98 Å². The van der Waals surface area contributed by atoms with Gasteiger partial charge in [-0.1, -0.05) is 53.7 Å². The fraction of sp³-hybridized carbons (Fsp3) is 0.625. The van der Waals surface area contributed by atoms with E-state index < -0.39 is 5.92 Å². The van der Waals surface area contributed by atoms with Gasteiger partial charge in [0.25, 0.3) is 0 Å². The van der Waals surface area contributed by atoms with Crippen molar-refractivity contribution in [3.8, 4) is 0 Å². The number of aromatic nitrogens is 1. The number of nitrogens with zero attached hydrogens (tertiary/aromatic N) is 2. The van der Waals surface area contributed by atoms with E-state index >= 15 is 0 Å². The molecule has 3 atom stereocenters. The first-order valence-corrected chi connectivity index (χ1v) is 16.8. The molecule has 1 N–H and O–H groups in total. The van der Waals surface area contributed by atoms with Crippen LogP contribution in [0, 0.1) is 11.8 Å². The molecule has 220 valence electrons. The molecule has 0 aliphatic carbocycles. The molecule has 1 aromatic heterocycles. The third-order valence-corrected chi connectivity index (χ3v) is 10.0. The second-order valence-electron chi connectivity index (χ2n) is 11.4. The number of benzene rings is 1. The third-order valence-electron chi connectivity index (χ3n) is 8.04. The molecule has 2 aromatic rings. The molecule has 1 amide bonds. The van der Waals surface area contributed by atoms with Crippen LogP contribution in [0.4, 0.5) is 0 Å². The Bertz CT molecular complexity index is 1170. The van der Waals surface area contributed by atoms with Gasteiger partial charge in [0.05, 0.1) is 21.1 Å². The topological polar surface area (TPSA) is 79.4 Å². The number of thioether (sulfide) groups is 1. The van der Waals surface area contributed by atoms with Crippen LogP contribution in [0.2, 0.25) is 0 Å². The Hall–Kier alpha value is -2.03. The molecule has 0 radical (unpaired) electrons. The third kappa shape index (κ3) is 9.52. The van der Waals surface area contributed by atoms with Crippen molar-refractivity contribution in [2.45, 2.75) is 85.1 Å². The first-order valence-electron chi connectivity index (χ1n) is 14.8. The highest BCUT2D eigenvalue weighted by Gasteiger charge is 2.28. The molecule has 0 spiro atoms. The highest BCUT2D eigenvalue weighted by molar-refractivity contribution is 7.99. The van der Waals surface area contributed by atoms with Gasteiger partial charge in [-0.2, -0.15) is 11.8 Å². The molecular weight excluding hydrogens is 539 g/mol. The minimum atomic E-state index is -0.480.